The number of carbonyl (C=O) groups is 1. The van der Waals surface area contributed by atoms with Crippen molar-refractivity contribution in [3.8, 4) is 17.2 Å². The highest BCUT2D eigenvalue weighted by Crippen LogP contribution is 2.31. The number of hydrogen-bond acceptors (Lipinski definition) is 4. The van der Waals surface area contributed by atoms with Crippen LogP contribution >= 0.6 is 0 Å². The molecular formula is C27H26O4. The van der Waals surface area contributed by atoms with Gasteiger partial charge in [-0.25, -0.2) is 0 Å². The summed E-state index contributed by atoms with van der Waals surface area (Å²) in [5, 5.41) is 11.0. The summed E-state index contributed by atoms with van der Waals surface area (Å²) in [4.78, 5) is 13.2. The zero-order valence-corrected chi connectivity index (χ0v) is 17.9. The lowest BCUT2D eigenvalue weighted by atomic mass is 9.90. The summed E-state index contributed by atoms with van der Waals surface area (Å²) in [5.41, 5.74) is 5.31. The number of allylic oxidation sites excluding steroid dienone is 1. The van der Waals surface area contributed by atoms with Gasteiger partial charge in [0.2, 0.25) is 0 Å². The number of carbonyl (C=O) groups excluding carboxylic acids is 1. The lowest BCUT2D eigenvalue weighted by Crippen LogP contribution is -2.07. The van der Waals surface area contributed by atoms with Gasteiger partial charge >= 0.3 is 0 Å². The summed E-state index contributed by atoms with van der Waals surface area (Å²) in [6.45, 7) is 0. The van der Waals surface area contributed by atoms with Crippen molar-refractivity contribution < 1.29 is 19.4 Å². The molecule has 0 amide bonds. The average molecular weight is 415 g/mol. The van der Waals surface area contributed by atoms with Gasteiger partial charge in [0.05, 0.1) is 19.8 Å². The van der Waals surface area contributed by atoms with Gasteiger partial charge in [-0.05, 0) is 71.7 Å². The topological polar surface area (TPSA) is 55.8 Å². The van der Waals surface area contributed by atoms with Gasteiger partial charge in [-0.3, -0.25) is 4.79 Å². The van der Waals surface area contributed by atoms with E-state index in [1.807, 2.05) is 24.3 Å². The Morgan fingerprint density at radius 3 is 1.94 bits per heavy atom. The van der Waals surface area contributed by atoms with Gasteiger partial charge in [-0.1, -0.05) is 42.5 Å². The number of phenols is 1. The van der Waals surface area contributed by atoms with E-state index >= 15 is 0 Å². The Hall–Kier alpha value is -3.53. The fourth-order valence-corrected chi connectivity index (χ4v) is 3.97. The molecule has 31 heavy (non-hydrogen) atoms. The molecule has 0 unspecified atom stereocenters. The van der Waals surface area contributed by atoms with Crippen molar-refractivity contribution in [2.75, 3.05) is 14.2 Å². The van der Waals surface area contributed by atoms with Gasteiger partial charge in [0.25, 0.3) is 0 Å². The second-order valence-electron chi connectivity index (χ2n) is 7.77. The molecule has 4 aliphatic carbocycles. The first kappa shape index (κ1) is 20.7. The van der Waals surface area contributed by atoms with Crippen molar-refractivity contribution >= 4 is 11.9 Å². The van der Waals surface area contributed by atoms with Gasteiger partial charge in [0.15, 0.2) is 5.78 Å². The molecule has 1 N–H and O–H groups in total. The molecule has 3 aromatic carbocycles. The van der Waals surface area contributed by atoms with E-state index in [0.717, 1.165) is 29.5 Å². The second kappa shape index (κ2) is 9.09. The molecule has 0 aromatic heterocycles. The molecule has 158 valence electrons. The highest BCUT2D eigenvalue weighted by molar-refractivity contribution is 6.10. The van der Waals surface area contributed by atoms with E-state index < -0.39 is 0 Å². The molecule has 4 nitrogen and oxygen atoms in total. The van der Waals surface area contributed by atoms with Gasteiger partial charge in [0, 0.05) is 6.07 Å². The maximum absolute atomic E-state index is 13.2. The summed E-state index contributed by atoms with van der Waals surface area (Å²) in [6, 6.07) is 18.0. The molecule has 3 aromatic rings. The zero-order valence-electron chi connectivity index (χ0n) is 17.9. The minimum Gasteiger partial charge on any atom is -0.507 e. The first-order valence-corrected chi connectivity index (χ1v) is 10.4. The summed E-state index contributed by atoms with van der Waals surface area (Å²) >= 11 is 0. The third kappa shape index (κ3) is 4.64. The quantitative estimate of drug-likeness (QED) is 0.461. The van der Waals surface area contributed by atoms with Crippen LogP contribution in [0, 0.1) is 0 Å². The molecule has 7 rings (SSSR count). The van der Waals surface area contributed by atoms with Crippen molar-refractivity contribution in [3.63, 3.8) is 0 Å². The maximum atomic E-state index is 13.2. The Labute approximate surface area is 182 Å². The SMILES string of the molecule is COc1cc(/C=C/C(=O)c2c3ccc(c2O)CCc2ccc(cc2)CC3)cc(OC)c1. The summed E-state index contributed by atoms with van der Waals surface area (Å²) in [5.74, 6) is 1.20. The van der Waals surface area contributed by atoms with E-state index in [2.05, 4.69) is 24.3 Å². The highest BCUT2D eigenvalue weighted by Gasteiger charge is 2.18. The molecule has 0 heterocycles. The number of hydrogen-bond donors (Lipinski definition) is 1. The molecule has 4 aliphatic rings. The molecule has 0 saturated heterocycles. The van der Waals surface area contributed by atoms with E-state index in [4.69, 9.17) is 9.47 Å². The van der Waals surface area contributed by atoms with Gasteiger partial charge in [-0.2, -0.15) is 0 Å². The Morgan fingerprint density at radius 1 is 0.806 bits per heavy atom. The van der Waals surface area contributed by atoms with Crippen LogP contribution in [0.4, 0.5) is 0 Å². The average Bonchev–Trinajstić information content (AvgIpc) is 2.79. The summed E-state index contributed by atoms with van der Waals surface area (Å²) in [6.07, 6.45) is 6.24. The maximum Gasteiger partial charge on any atom is 0.189 e. The zero-order chi connectivity index (χ0) is 21.8. The van der Waals surface area contributed by atoms with E-state index in [1.165, 1.54) is 17.2 Å². The Bertz CT molecular complexity index is 1100. The number of benzene rings is 3. The van der Waals surface area contributed by atoms with E-state index in [0.29, 0.717) is 29.9 Å². The molecule has 4 heteroatoms. The van der Waals surface area contributed by atoms with Crippen LogP contribution in [0.25, 0.3) is 6.08 Å². The van der Waals surface area contributed by atoms with Crippen LogP contribution in [-0.2, 0) is 25.7 Å². The molecule has 0 saturated carbocycles. The predicted molar refractivity (Wildman–Crippen MR) is 122 cm³/mol. The van der Waals surface area contributed by atoms with Crippen LogP contribution in [0.5, 0.6) is 17.2 Å². The van der Waals surface area contributed by atoms with Crippen LogP contribution in [0.15, 0.2) is 60.7 Å². The van der Waals surface area contributed by atoms with Crippen molar-refractivity contribution in [2.24, 2.45) is 0 Å². The number of aryl methyl sites for hydroxylation is 4. The van der Waals surface area contributed by atoms with Gasteiger partial charge in [-0.15, -0.1) is 0 Å². The number of ketones is 1. The van der Waals surface area contributed by atoms with Crippen molar-refractivity contribution in [3.05, 3.63) is 94.1 Å². The van der Waals surface area contributed by atoms with Crippen molar-refractivity contribution in [1.29, 1.82) is 0 Å². The Morgan fingerprint density at radius 2 is 1.35 bits per heavy atom. The number of rotatable bonds is 5. The fourth-order valence-electron chi connectivity index (χ4n) is 3.97. The molecule has 0 atom stereocenters. The summed E-state index contributed by atoms with van der Waals surface area (Å²) < 4.78 is 10.6. The lowest BCUT2D eigenvalue weighted by molar-refractivity contribution is 0.104. The van der Waals surface area contributed by atoms with Crippen molar-refractivity contribution in [1.82, 2.24) is 0 Å². The Balaban J connectivity index is 1.67. The van der Waals surface area contributed by atoms with Crippen LogP contribution in [-0.4, -0.2) is 25.1 Å². The van der Waals surface area contributed by atoms with Gasteiger partial charge in [0.1, 0.15) is 17.2 Å². The number of phenolic OH excluding ortho intramolecular Hbond substituents is 1. The molecule has 0 aliphatic heterocycles. The fraction of sp³-hybridized carbons (Fsp3) is 0.222. The minimum atomic E-state index is -0.206. The monoisotopic (exact) mass is 414 g/mol. The van der Waals surface area contributed by atoms with E-state index in [9.17, 15) is 9.90 Å². The second-order valence-corrected chi connectivity index (χ2v) is 7.77. The van der Waals surface area contributed by atoms with Crippen LogP contribution in [0.1, 0.15) is 38.2 Å². The molecule has 0 spiro atoms. The smallest absolute Gasteiger partial charge is 0.189 e. The van der Waals surface area contributed by atoms with Gasteiger partial charge < -0.3 is 14.6 Å². The first-order valence-electron chi connectivity index (χ1n) is 10.4. The highest BCUT2D eigenvalue weighted by atomic mass is 16.5. The molecule has 0 fully saturated rings. The van der Waals surface area contributed by atoms with Crippen LogP contribution in [0.2, 0.25) is 0 Å². The molecule has 4 bridgehead atoms. The lowest BCUT2D eigenvalue weighted by Gasteiger charge is -2.15. The predicted octanol–water partition coefficient (Wildman–Crippen LogP) is 5.19. The molecule has 0 radical (unpaired) electrons. The molecular weight excluding hydrogens is 388 g/mol. The normalized spacial score (nSPS) is 13.1. The van der Waals surface area contributed by atoms with E-state index in [-0.39, 0.29) is 11.5 Å². The summed E-state index contributed by atoms with van der Waals surface area (Å²) in [7, 11) is 3.18. The number of ether oxygens (including phenoxy) is 2. The van der Waals surface area contributed by atoms with Crippen LogP contribution < -0.4 is 9.47 Å². The standard InChI is InChI=1S/C27H26O4/c1-30-23-15-20(16-24(17-23)31-2)9-14-25(28)26-21-10-7-18-3-5-19(6-4-18)8-11-22(13-12-21)27(26)29/h3-6,9,12-17,29H,7-8,10-11H2,1-2H3/b14-9+. The van der Waals surface area contributed by atoms with Crippen LogP contribution in [0.3, 0.4) is 0 Å². The number of methoxy groups -OCH3 is 2. The minimum absolute atomic E-state index is 0.102. The largest absolute Gasteiger partial charge is 0.507 e. The van der Waals surface area contributed by atoms with E-state index in [1.54, 1.807) is 26.4 Å². The van der Waals surface area contributed by atoms with Crippen molar-refractivity contribution in [2.45, 2.75) is 25.7 Å². The number of aromatic hydroxyl groups is 1. The third-order valence-corrected chi connectivity index (χ3v) is 5.78. The first-order chi connectivity index (χ1) is 15.1. The Kier molecular flexibility index (Phi) is 6.08. The third-order valence-electron chi connectivity index (χ3n) is 5.78.